The standard InChI is InChI=1S/C10H16OS2/c1-12-10(13-2)6-7-4-3-5-8(11)9(7)10/h7,9H,3-6H2,1-2H3/t7-,9+/m1/s1. The molecule has 0 saturated heterocycles. The van der Waals surface area contributed by atoms with Gasteiger partial charge in [-0.05, 0) is 37.7 Å². The maximum Gasteiger partial charge on any atom is 0.138 e. The number of rotatable bonds is 2. The quantitative estimate of drug-likeness (QED) is 0.661. The van der Waals surface area contributed by atoms with E-state index in [9.17, 15) is 4.79 Å². The van der Waals surface area contributed by atoms with Gasteiger partial charge in [-0.2, -0.15) is 0 Å². The molecule has 0 spiro atoms. The monoisotopic (exact) mass is 216 g/mol. The minimum Gasteiger partial charge on any atom is -0.299 e. The molecule has 2 rings (SSSR count). The number of Topliss-reactive ketones (excluding diaryl/α,β-unsaturated/α-hetero) is 1. The van der Waals surface area contributed by atoms with E-state index in [1.165, 1.54) is 12.8 Å². The van der Waals surface area contributed by atoms with Gasteiger partial charge in [0.25, 0.3) is 0 Å². The molecule has 0 unspecified atom stereocenters. The highest BCUT2D eigenvalue weighted by Crippen LogP contribution is 2.61. The average molecular weight is 216 g/mol. The summed E-state index contributed by atoms with van der Waals surface area (Å²) >= 11 is 3.78. The predicted molar refractivity (Wildman–Crippen MR) is 60.2 cm³/mol. The topological polar surface area (TPSA) is 17.1 Å². The second kappa shape index (κ2) is 3.50. The third-order valence-electron chi connectivity index (χ3n) is 3.53. The molecule has 3 heteroatoms. The number of thioether (sulfide) groups is 2. The summed E-state index contributed by atoms with van der Waals surface area (Å²) in [6.45, 7) is 0. The number of fused-ring (bicyclic) bond motifs is 1. The summed E-state index contributed by atoms with van der Waals surface area (Å²) < 4.78 is 0.252. The van der Waals surface area contributed by atoms with E-state index in [1.807, 2.05) is 23.5 Å². The van der Waals surface area contributed by atoms with Gasteiger partial charge in [0.1, 0.15) is 5.78 Å². The first kappa shape index (κ1) is 9.91. The first-order valence-corrected chi connectivity index (χ1v) is 7.31. The van der Waals surface area contributed by atoms with Gasteiger partial charge >= 0.3 is 0 Å². The highest BCUT2D eigenvalue weighted by molar-refractivity contribution is 8.17. The zero-order valence-corrected chi connectivity index (χ0v) is 9.84. The van der Waals surface area contributed by atoms with Crippen LogP contribution < -0.4 is 0 Å². The van der Waals surface area contributed by atoms with Crippen molar-refractivity contribution in [2.24, 2.45) is 11.8 Å². The van der Waals surface area contributed by atoms with Crippen LogP contribution in [0.15, 0.2) is 0 Å². The molecule has 0 aliphatic heterocycles. The molecule has 74 valence electrons. The fraction of sp³-hybridized carbons (Fsp3) is 0.900. The van der Waals surface area contributed by atoms with Crippen LogP contribution >= 0.6 is 23.5 Å². The second-order valence-electron chi connectivity index (χ2n) is 4.02. The molecule has 0 aromatic heterocycles. The van der Waals surface area contributed by atoms with Crippen molar-refractivity contribution in [1.29, 1.82) is 0 Å². The molecule has 2 fully saturated rings. The van der Waals surface area contributed by atoms with Gasteiger partial charge in [-0.1, -0.05) is 0 Å². The van der Waals surface area contributed by atoms with Crippen molar-refractivity contribution in [2.45, 2.75) is 29.8 Å². The minimum absolute atomic E-state index is 0.252. The predicted octanol–water partition coefficient (Wildman–Crippen LogP) is 2.80. The summed E-state index contributed by atoms with van der Waals surface area (Å²) in [4.78, 5) is 11.8. The zero-order valence-electron chi connectivity index (χ0n) is 8.21. The van der Waals surface area contributed by atoms with Gasteiger partial charge in [0, 0.05) is 12.3 Å². The molecule has 0 N–H and O–H groups in total. The summed E-state index contributed by atoms with van der Waals surface area (Å²) in [5.74, 6) is 1.64. The largest absolute Gasteiger partial charge is 0.299 e. The smallest absolute Gasteiger partial charge is 0.138 e. The van der Waals surface area contributed by atoms with Gasteiger partial charge in [-0.3, -0.25) is 4.79 Å². The molecule has 0 bridgehead atoms. The van der Waals surface area contributed by atoms with Crippen molar-refractivity contribution in [3.05, 3.63) is 0 Å². The number of carbonyl (C=O) groups is 1. The van der Waals surface area contributed by atoms with Crippen LogP contribution in [0.2, 0.25) is 0 Å². The Kier molecular flexibility index (Phi) is 2.67. The first-order chi connectivity index (χ1) is 6.23. The minimum atomic E-state index is 0.252. The van der Waals surface area contributed by atoms with E-state index >= 15 is 0 Å². The lowest BCUT2D eigenvalue weighted by molar-refractivity contribution is -0.131. The molecular weight excluding hydrogens is 200 g/mol. The van der Waals surface area contributed by atoms with Gasteiger partial charge in [0.2, 0.25) is 0 Å². The van der Waals surface area contributed by atoms with E-state index in [-0.39, 0.29) is 4.08 Å². The molecular formula is C10H16OS2. The maximum absolute atomic E-state index is 11.8. The molecule has 0 radical (unpaired) electrons. The zero-order chi connectivity index (χ0) is 9.47. The third kappa shape index (κ3) is 1.35. The molecule has 0 heterocycles. The second-order valence-corrected chi connectivity index (χ2v) is 6.55. The lowest BCUT2D eigenvalue weighted by atomic mass is 9.64. The van der Waals surface area contributed by atoms with Crippen LogP contribution in [0.5, 0.6) is 0 Å². The van der Waals surface area contributed by atoms with Crippen LogP contribution in [0.1, 0.15) is 25.7 Å². The molecule has 2 atom stereocenters. The summed E-state index contributed by atoms with van der Waals surface area (Å²) in [6, 6.07) is 0. The average Bonchev–Trinajstić information content (AvgIpc) is 2.09. The Labute approximate surface area is 88.4 Å². The van der Waals surface area contributed by atoms with Crippen molar-refractivity contribution in [2.75, 3.05) is 12.5 Å². The normalized spacial score (nSPS) is 36.6. The van der Waals surface area contributed by atoms with Crippen molar-refractivity contribution in [1.82, 2.24) is 0 Å². The fourth-order valence-corrected chi connectivity index (χ4v) is 5.37. The van der Waals surface area contributed by atoms with Crippen LogP contribution in [0, 0.1) is 11.8 Å². The molecule has 2 aliphatic carbocycles. The number of ketones is 1. The molecule has 1 nitrogen and oxygen atoms in total. The van der Waals surface area contributed by atoms with Crippen molar-refractivity contribution in [3.63, 3.8) is 0 Å². The van der Waals surface area contributed by atoms with Crippen LogP contribution in [-0.4, -0.2) is 22.4 Å². The Bertz CT molecular complexity index is 223. The lowest BCUT2D eigenvalue weighted by Crippen LogP contribution is -2.54. The highest BCUT2D eigenvalue weighted by atomic mass is 32.2. The van der Waals surface area contributed by atoms with E-state index < -0.39 is 0 Å². The summed E-state index contributed by atoms with van der Waals surface area (Å²) in [5, 5.41) is 0. The molecule has 2 saturated carbocycles. The number of hydrogen-bond acceptors (Lipinski definition) is 3. The Morgan fingerprint density at radius 1 is 1.38 bits per heavy atom. The van der Waals surface area contributed by atoms with E-state index in [2.05, 4.69) is 12.5 Å². The molecule has 13 heavy (non-hydrogen) atoms. The van der Waals surface area contributed by atoms with Crippen molar-refractivity contribution in [3.8, 4) is 0 Å². The molecule has 2 aliphatic rings. The van der Waals surface area contributed by atoms with E-state index in [1.54, 1.807) is 0 Å². The highest BCUT2D eigenvalue weighted by Gasteiger charge is 2.57. The molecule has 0 amide bonds. The van der Waals surface area contributed by atoms with Gasteiger partial charge in [-0.25, -0.2) is 0 Å². The van der Waals surface area contributed by atoms with Gasteiger partial charge in [0.15, 0.2) is 0 Å². The fourth-order valence-electron chi connectivity index (χ4n) is 2.78. The molecule has 0 aromatic rings. The Balaban J connectivity index is 2.15. The van der Waals surface area contributed by atoms with Crippen LogP contribution in [0.25, 0.3) is 0 Å². The number of hydrogen-bond donors (Lipinski definition) is 0. The van der Waals surface area contributed by atoms with Crippen LogP contribution in [0.3, 0.4) is 0 Å². The lowest BCUT2D eigenvalue weighted by Gasteiger charge is -2.54. The summed E-state index contributed by atoms with van der Waals surface area (Å²) in [5.41, 5.74) is 0. The van der Waals surface area contributed by atoms with Gasteiger partial charge < -0.3 is 0 Å². The van der Waals surface area contributed by atoms with Crippen LogP contribution in [-0.2, 0) is 4.79 Å². The van der Waals surface area contributed by atoms with Crippen molar-refractivity contribution < 1.29 is 4.79 Å². The van der Waals surface area contributed by atoms with E-state index in [0.29, 0.717) is 11.7 Å². The van der Waals surface area contributed by atoms with E-state index in [0.717, 1.165) is 18.8 Å². The van der Waals surface area contributed by atoms with Crippen molar-refractivity contribution >= 4 is 29.3 Å². The Morgan fingerprint density at radius 2 is 2.08 bits per heavy atom. The summed E-state index contributed by atoms with van der Waals surface area (Å²) in [6.07, 6.45) is 8.82. The first-order valence-electron chi connectivity index (χ1n) is 4.86. The van der Waals surface area contributed by atoms with Gasteiger partial charge in [0.05, 0.1) is 4.08 Å². The number of carbonyl (C=O) groups excluding carboxylic acids is 1. The summed E-state index contributed by atoms with van der Waals surface area (Å²) in [7, 11) is 0. The molecule has 0 aromatic carbocycles. The van der Waals surface area contributed by atoms with Crippen LogP contribution in [0.4, 0.5) is 0 Å². The Morgan fingerprint density at radius 3 is 2.62 bits per heavy atom. The SMILES string of the molecule is CSC1(SC)C[C@H]2CCCC(=O)[C@H]21. The van der Waals surface area contributed by atoms with E-state index in [4.69, 9.17) is 0 Å². The maximum atomic E-state index is 11.8. The van der Waals surface area contributed by atoms with Gasteiger partial charge in [-0.15, -0.1) is 23.5 Å². The third-order valence-corrected chi connectivity index (χ3v) is 6.75. The Hall–Kier alpha value is 0.370.